The van der Waals surface area contributed by atoms with Crippen LogP contribution < -0.4 is 0 Å². The molecule has 0 amide bonds. The lowest BCUT2D eigenvalue weighted by Crippen LogP contribution is -2.42. The minimum absolute atomic E-state index is 0.0900. The number of esters is 1. The van der Waals surface area contributed by atoms with Gasteiger partial charge in [-0.2, -0.15) is 0 Å². The van der Waals surface area contributed by atoms with E-state index in [0.717, 1.165) is 0 Å². The van der Waals surface area contributed by atoms with Crippen LogP contribution in [0.1, 0.15) is 33.1 Å². The van der Waals surface area contributed by atoms with Crippen molar-refractivity contribution in [3.63, 3.8) is 0 Å². The Bertz CT molecular complexity index is 294. The van der Waals surface area contributed by atoms with E-state index in [-0.39, 0.29) is 13.0 Å². The Morgan fingerprint density at radius 3 is 2.75 bits per heavy atom. The Hall–Kier alpha value is -1.20. The summed E-state index contributed by atoms with van der Waals surface area (Å²) in [7, 11) is 0. The smallest absolute Gasteiger partial charge is 0.353 e. The van der Waals surface area contributed by atoms with Gasteiger partial charge in [-0.3, -0.25) is 0 Å². The van der Waals surface area contributed by atoms with Gasteiger partial charge in [0, 0.05) is 6.42 Å². The van der Waals surface area contributed by atoms with E-state index in [2.05, 4.69) is 5.16 Å². The number of carbonyl (C=O) groups excluding carboxylic acids is 1. The summed E-state index contributed by atoms with van der Waals surface area (Å²) in [5, 5.41) is 3.65. The highest BCUT2D eigenvalue weighted by Crippen LogP contribution is 2.32. The molecule has 0 N–H and O–H groups in total. The molecule has 1 heterocycles. The van der Waals surface area contributed by atoms with Crippen LogP contribution in [0.3, 0.4) is 0 Å². The predicted octanol–water partition coefficient (Wildman–Crippen LogP) is 2.13. The second-order valence-electron chi connectivity index (χ2n) is 3.59. The summed E-state index contributed by atoms with van der Waals surface area (Å²) in [6.45, 7) is 3.57. The van der Waals surface area contributed by atoms with Crippen LogP contribution in [0.2, 0.25) is 0 Å². The molecule has 1 aliphatic rings. The number of ether oxygens (including phenoxy) is 1. The quantitative estimate of drug-likeness (QED) is 0.686. The first-order chi connectivity index (χ1) is 7.54. The van der Waals surface area contributed by atoms with Gasteiger partial charge in [-0.15, -0.1) is 0 Å². The number of alkyl halides is 2. The van der Waals surface area contributed by atoms with Crippen molar-refractivity contribution < 1.29 is 23.1 Å². The second-order valence-corrected chi connectivity index (χ2v) is 3.59. The van der Waals surface area contributed by atoms with Crippen LogP contribution in [0.4, 0.5) is 8.78 Å². The Labute approximate surface area is 92.6 Å². The fourth-order valence-electron chi connectivity index (χ4n) is 1.55. The molecule has 0 aromatic heterocycles. The van der Waals surface area contributed by atoms with Crippen molar-refractivity contribution in [3.8, 4) is 0 Å². The molecule has 16 heavy (non-hydrogen) atoms. The molecule has 0 bridgehead atoms. The standard InChI is InChI=1S/C10H15F2NO3/c1-3-7-5-10(16-13-7,6-8(11)12)9(14)15-4-2/h8H,3-6H2,1-2H3. The van der Waals surface area contributed by atoms with E-state index < -0.39 is 24.4 Å². The molecule has 6 heteroatoms. The van der Waals surface area contributed by atoms with E-state index >= 15 is 0 Å². The van der Waals surface area contributed by atoms with E-state index in [1.165, 1.54) is 0 Å². The molecule has 4 nitrogen and oxygen atoms in total. The van der Waals surface area contributed by atoms with Gasteiger partial charge in [0.2, 0.25) is 12.0 Å². The third-order valence-corrected chi connectivity index (χ3v) is 2.38. The number of hydrogen-bond donors (Lipinski definition) is 0. The van der Waals surface area contributed by atoms with Crippen LogP contribution in [-0.2, 0) is 14.4 Å². The number of halogens is 2. The van der Waals surface area contributed by atoms with Crippen LogP contribution in [0.15, 0.2) is 5.16 Å². The van der Waals surface area contributed by atoms with Gasteiger partial charge in [0.05, 0.1) is 18.7 Å². The third kappa shape index (κ3) is 2.68. The van der Waals surface area contributed by atoms with Crippen LogP contribution in [0.25, 0.3) is 0 Å². The highest BCUT2D eigenvalue weighted by Gasteiger charge is 2.49. The van der Waals surface area contributed by atoms with Gasteiger partial charge < -0.3 is 9.57 Å². The van der Waals surface area contributed by atoms with Crippen LogP contribution in [0.5, 0.6) is 0 Å². The Balaban J connectivity index is 2.76. The number of hydrogen-bond acceptors (Lipinski definition) is 4. The molecule has 0 aromatic rings. The predicted molar refractivity (Wildman–Crippen MR) is 53.4 cm³/mol. The van der Waals surface area contributed by atoms with E-state index in [1.54, 1.807) is 6.92 Å². The number of nitrogens with zero attached hydrogens (tertiary/aromatic N) is 1. The maximum Gasteiger partial charge on any atom is 0.353 e. The molecule has 1 unspecified atom stereocenters. The van der Waals surface area contributed by atoms with Gasteiger partial charge in [-0.1, -0.05) is 12.1 Å². The van der Waals surface area contributed by atoms with Crippen LogP contribution >= 0.6 is 0 Å². The summed E-state index contributed by atoms with van der Waals surface area (Å²) in [6, 6.07) is 0. The van der Waals surface area contributed by atoms with E-state index in [9.17, 15) is 13.6 Å². The summed E-state index contributed by atoms with van der Waals surface area (Å²) in [5.41, 5.74) is -1.01. The van der Waals surface area contributed by atoms with Crippen molar-refractivity contribution in [2.45, 2.75) is 45.1 Å². The largest absolute Gasteiger partial charge is 0.463 e. The molecule has 0 saturated heterocycles. The topological polar surface area (TPSA) is 47.9 Å². The van der Waals surface area contributed by atoms with Crippen LogP contribution in [0, 0.1) is 0 Å². The van der Waals surface area contributed by atoms with E-state index in [1.807, 2.05) is 6.92 Å². The lowest BCUT2D eigenvalue weighted by molar-refractivity contribution is -0.173. The van der Waals surface area contributed by atoms with Crippen LogP contribution in [-0.4, -0.2) is 30.3 Å². The highest BCUT2D eigenvalue weighted by atomic mass is 19.3. The Kier molecular flexibility index (Phi) is 4.20. The molecule has 0 aromatic carbocycles. The molecule has 1 rings (SSSR count). The molecular formula is C10H15F2NO3. The average Bonchev–Trinajstić information content (AvgIpc) is 2.62. The summed E-state index contributed by atoms with van der Waals surface area (Å²) >= 11 is 0. The van der Waals surface area contributed by atoms with Gasteiger partial charge in [0.25, 0.3) is 0 Å². The molecule has 0 aliphatic carbocycles. The summed E-state index contributed by atoms with van der Waals surface area (Å²) in [4.78, 5) is 16.5. The average molecular weight is 235 g/mol. The number of oxime groups is 1. The molecule has 1 aliphatic heterocycles. The Morgan fingerprint density at radius 1 is 1.62 bits per heavy atom. The van der Waals surface area contributed by atoms with Gasteiger partial charge in [-0.05, 0) is 13.3 Å². The molecule has 0 saturated carbocycles. The van der Waals surface area contributed by atoms with Crippen molar-refractivity contribution >= 4 is 11.7 Å². The molecule has 0 fully saturated rings. The van der Waals surface area contributed by atoms with Crippen molar-refractivity contribution in [1.29, 1.82) is 0 Å². The van der Waals surface area contributed by atoms with Crippen molar-refractivity contribution in [1.82, 2.24) is 0 Å². The van der Waals surface area contributed by atoms with Gasteiger partial charge in [-0.25, -0.2) is 13.6 Å². The molecule has 1 atom stereocenters. The lowest BCUT2D eigenvalue weighted by atomic mass is 9.93. The zero-order chi connectivity index (χ0) is 12.2. The third-order valence-electron chi connectivity index (χ3n) is 2.38. The summed E-state index contributed by atoms with van der Waals surface area (Å²) < 4.78 is 29.6. The van der Waals surface area contributed by atoms with E-state index in [0.29, 0.717) is 12.1 Å². The monoisotopic (exact) mass is 235 g/mol. The molecule has 0 radical (unpaired) electrons. The van der Waals surface area contributed by atoms with Crippen molar-refractivity contribution in [2.75, 3.05) is 6.61 Å². The maximum atomic E-state index is 12.4. The fourth-order valence-corrected chi connectivity index (χ4v) is 1.55. The minimum Gasteiger partial charge on any atom is -0.463 e. The minimum atomic E-state index is -2.63. The first-order valence-corrected chi connectivity index (χ1v) is 5.23. The summed E-state index contributed by atoms with van der Waals surface area (Å²) in [6.07, 6.45) is -2.65. The molecule has 0 spiro atoms. The maximum absolute atomic E-state index is 12.4. The van der Waals surface area contributed by atoms with Gasteiger partial charge >= 0.3 is 5.97 Å². The Morgan fingerprint density at radius 2 is 2.31 bits per heavy atom. The first-order valence-electron chi connectivity index (χ1n) is 5.23. The lowest BCUT2D eigenvalue weighted by Gasteiger charge is -2.23. The normalized spacial score (nSPS) is 24.2. The first kappa shape index (κ1) is 12.9. The fraction of sp³-hybridized carbons (Fsp3) is 0.800. The molecule has 92 valence electrons. The van der Waals surface area contributed by atoms with Gasteiger partial charge in [0.15, 0.2) is 0 Å². The number of carbonyl (C=O) groups is 1. The molecular weight excluding hydrogens is 220 g/mol. The highest BCUT2D eigenvalue weighted by molar-refractivity contribution is 5.93. The number of rotatable bonds is 5. The van der Waals surface area contributed by atoms with E-state index in [4.69, 9.17) is 9.57 Å². The van der Waals surface area contributed by atoms with Crippen molar-refractivity contribution in [2.24, 2.45) is 5.16 Å². The second kappa shape index (κ2) is 5.23. The van der Waals surface area contributed by atoms with Crippen molar-refractivity contribution in [3.05, 3.63) is 0 Å². The summed E-state index contributed by atoms with van der Waals surface area (Å²) in [5.74, 6) is -0.762. The SMILES string of the molecule is CCOC(=O)C1(CC(F)F)CC(CC)=NO1. The zero-order valence-electron chi connectivity index (χ0n) is 9.33. The zero-order valence-corrected chi connectivity index (χ0v) is 9.33. The van der Waals surface area contributed by atoms with Gasteiger partial charge in [0.1, 0.15) is 0 Å².